The summed E-state index contributed by atoms with van der Waals surface area (Å²) in [6.07, 6.45) is 2.22. The molecule has 2 aromatic carbocycles. The maximum absolute atomic E-state index is 13.7. The summed E-state index contributed by atoms with van der Waals surface area (Å²) in [5.74, 6) is -0.558. The number of halogens is 1. The van der Waals surface area contributed by atoms with E-state index in [4.69, 9.17) is 0 Å². The van der Waals surface area contributed by atoms with Crippen LogP contribution in [0.15, 0.2) is 42.5 Å². The van der Waals surface area contributed by atoms with Gasteiger partial charge in [0.1, 0.15) is 11.5 Å². The van der Waals surface area contributed by atoms with Crippen LogP contribution in [0.4, 0.5) is 10.1 Å². The van der Waals surface area contributed by atoms with E-state index in [9.17, 15) is 9.18 Å². The van der Waals surface area contributed by atoms with Crippen molar-refractivity contribution in [3.8, 4) is 0 Å². The van der Waals surface area contributed by atoms with Crippen LogP contribution in [0.1, 0.15) is 28.0 Å². The summed E-state index contributed by atoms with van der Waals surface area (Å²) in [6.45, 7) is 1.54. The number of hydrogen-bond acceptors (Lipinski definition) is 2. The van der Waals surface area contributed by atoms with Gasteiger partial charge in [0.25, 0.3) is 5.91 Å². The first-order valence-electron chi connectivity index (χ1n) is 8.50. The molecule has 5 heteroatoms. The molecule has 1 aliphatic rings. The highest BCUT2D eigenvalue weighted by atomic mass is 19.1. The number of nitrogens with one attached hydrogen (secondary N) is 2. The van der Waals surface area contributed by atoms with Crippen molar-refractivity contribution in [3.63, 3.8) is 0 Å². The molecule has 1 aliphatic heterocycles. The Morgan fingerprint density at radius 2 is 2.16 bits per heavy atom. The van der Waals surface area contributed by atoms with Crippen LogP contribution >= 0.6 is 0 Å². The molecule has 4 nitrogen and oxygen atoms in total. The van der Waals surface area contributed by atoms with Crippen molar-refractivity contribution in [3.05, 3.63) is 65.1 Å². The number of carbonyl (C=O) groups is 1. The average molecular weight is 337 g/mol. The summed E-state index contributed by atoms with van der Waals surface area (Å²) in [5.41, 5.74) is 4.67. The summed E-state index contributed by atoms with van der Waals surface area (Å²) in [7, 11) is 2.11. The second-order valence-corrected chi connectivity index (χ2v) is 6.55. The van der Waals surface area contributed by atoms with Gasteiger partial charge < -0.3 is 15.2 Å². The zero-order valence-electron chi connectivity index (χ0n) is 14.1. The number of carbonyl (C=O) groups excluding carboxylic acids is 1. The Balaban J connectivity index is 1.49. The van der Waals surface area contributed by atoms with Gasteiger partial charge in [-0.3, -0.25) is 4.79 Å². The topological polar surface area (TPSA) is 48.1 Å². The molecule has 1 amide bonds. The molecule has 1 aromatic heterocycles. The highest BCUT2D eigenvalue weighted by molar-refractivity contribution is 5.98. The SMILES string of the molecule is CN1CCCc2cc(CNC(=O)c3cc4c(F)cccc4[nH]3)ccc21. The van der Waals surface area contributed by atoms with Crippen molar-refractivity contribution >= 4 is 22.5 Å². The standard InChI is InChI=1S/C20H20FN3O/c1-24-9-3-4-14-10-13(7-8-19(14)24)12-22-20(25)18-11-15-16(21)5-2-6-17(15)23-18/h2,5-8,10-11,23H,3-4,9,12H2,1H3,(H,22,25). The molecule has 2 N–H and O–H groups in total. The predicted molar refractivity (Wildman–Crippen MR) is 97.5 cm³/mol. The molecule has 4 rings (SSSR count). The molecule has 2 heterocycles. The van der Waals surface area contributed by atoms with Crippen molar-refractivity contribution < 1.29 is 9.18 Å². The number of rotatable bonds is 3. The fourth-order valence-corrected chi connectivity index (χ4v) is 3.47. The maximum atomic E-state index is 13.7. The second-order valence-electron chi connectivity index (χ2n) is 6.55. The molecule has 0 spiro atoms. The number of anilines is 1. The smallest absolute Gasteiger partial charge is 0.267 e. The van der Waals surface area contributed by atoms with Crippen molar-refractivity contribution in [2.24, 2.45) is 0 Å². The molecule has 0 unspecified atom stereocenters. The summed E-state index contributed by atoms with van der Waals surface area (Å²) < 4.78 is 13.7. The maximum Gasteiger partial charge on any atom is 0.267 e. The lowest BCUT2D eigenvalue weighted by Gasteiger charge is -2.27. The molecular formula is C20H20FN3O. The number of H-pyrrole nitrogens is 1. The van der Waals surface area contributed by atoms with Crippen LogP contribution in [0, 0.1) is 5.82 Å². The van der Waals surface area contributed by atoms with Crippen LogP contribution < -0.4 is 10.2 Å². The lowest BCUT2D eigenvalue weighted by molar-refractivity contribution is 0.0946. The fraction of sp³-hybridized carbons (Fsp3) is 0.250. The van der Waals surface area contributed by atoms with Crippen LogP contribution in [0.5, 0.6) is 0 Å². The highest BCUT2D eigenvalue weighted by Gasteiger charge is 2.15. The average Bonchev–Trinajstić information content (AvgIpc) is 3.06. The largest absolute Gasteiger partial charge is 0.374 e. The van der Waals surface area contributed by atoms with E-state index in [1.54, 1.807) is 18.2 Å². The monoisotopic (exact) mass is 337 g/mol. The van der Waals surface area contributed by atoms with Crippen molar-refractivity contribution in [2.45, 2.75) is 19.4 Å². The number of benzene rings is 2. The lowest BCUT2D eigenvalue weighted by atomic mass is 9.99. The lowest BCUT2D eigenvalue weighted by Crippen LogP contribution is -2.26. The van der Waals surface area contributed by atoms with Gasteiger partial charge in [-0.15, -0.1) is 0 Å². The highest BCUT2D eigenvalue weighted by Crippen LogP contribution is 2.26. The molecule has 0 saturated heterocycles. The number of fused-ring (bicyclic) bond motifs is 2. The van der Waals surface area contributed by atoms with E-state index in [1.165, 1.54) is 17.3 Å². The van der Waals surface area contributed by atoms with Crippen molar-refractivity contribution in [1.82, 2.24) is 10.3 Å². The van der Waals surface area contributed by atoms with E-state index in [-0.39, 0.29) is 11.7 Å². The van der Waals surface area contributed by atoms with Crippen LogP contribution in [0.3, 0.4) is 0 Å². The minimum atomic E-state index is -0.327. The van der Waals surface area contributed by atoms with Crippen molar-refractivity contribution in [2.75, 3.05) is 18.5 Å². The Morgan fingerprint density at radius 3 is 3.00 bits per heavy atom. The number of nitrogens with zero attached hydrogens (tertiary/aromatic N) is 1. The third-order valence-corrected chi connectivity index (χ3v) is 4.80. The van der Waals surface area contributed by atoms with Crippen LogP contribution in [-0.2, 0) is 13.0 Å². The zero-order valence-corrected chi connectivity index (χ0v) is 14.1. The van der Waals surface area contributed by atoms with E-state index >= 15 is 0 Å². The number of aromatic nitrogens is 1. The van der Waals surface area contributed by atoms with Gasteiger partial charge >= 0.3 is 0 Å². The number of aromatic amines is 1. The van der Waals surface area contributed by atoms with Crippen molar-refractivity contribution in [1.29, 1.82) is 0 Å². The Morgan fingerprint density at radius 1 is 1.28 bits per heavy atom. The van der Waals surface area contributed by atoms with Gasteiger partial charge in [-0.1, -0.05) is 18.2 Å². The molecule has 3 aromatic rings. The van der Waals surface area contributed by atoms with E-state index in [2.05, 4.69) is 34.4 Å². The molecule has 128 valence electrons. The third-order valence-electron chi connectivity index (χ3n) is 4.80. The normalized spacial score (nSPS) is 13.8. The molecule has 0 radical (unpaired) electrons. The first-order chi connectivity index (χ1) is 12.1. The Kier molecular flexibility index (Phi) is 3.92. The molecule has 0 saturated carbocycles. The first kappa shape index (κ1) is 15.7. The zero-order chi connectivity index (χ0) is 17.4. The Hall–Kier alpha value is -2.82. The minimum absolute atomic E-state index is 0.231. The van der Waals surface area contributed by atoms with Gasteiger partial charge in [0.15, 0.2) is 0 Å². The van der Waals surface area contributed by atoms with Gasteiger partial charge in [-0.05, 0) is 48.2 Å². The Labute approximate surface area is 145 Å². The summed E-state index contributed by atoms with van der Waals surface area (Å²) in [6, 6.07) is 12.7. The summed E-state index contributed by atoms with van der Waals surface area (Å²) >= 11 is 0. The molecule has 0 aliphatic carbocycles. The van der Waals surface area contributed by atoms with Crippen LogP contribution in [-0.4, -0.2) is 24.5 Å². The molecule has 0 bridgehead atoms. The first-order valence-corrected chi connectivity index (χ1v) is 8.50. The molecule has 25 heavy (non-hydrogen) atoms. The van der Waals surface area contributed by atoms with Gasteiger partial charge in [-0.2, -0.15) is 0 Å². The van der Waals surface area contributed by atoms with E-state index in [0.29, 0.717) is 23.1 Å². The van der Waals surface area contributed by atoms with Gasteiger partial charge in [0.05, 0.1) is 0 Å². The quantitative estimate of drug-likeness (QED) is 0.767. The second kappa shape index (κ2) is 6.24. The summed E-state index contributed by atoms with van der Waals surface area (Å²) in [5, 5.41) is 3.34. The van der Waals surface area contributed by atoms with E-state index < -0.39 is 0 Å². The molecule has 0 fully saturated rings. The predicted octanol–water partition coefficient (Wildman–Crippen LogP) is 3.62. The van der Waals surface area contributed by atoms with Gasteiger partial charge in [-0.25, -0.2) is 4.39 Å². The van der Waals surface area contributed by atoms with Crippen LogP contribution in [0.25, 0.3) is 10.9 Å². The Bertz CT molecular complexity index is 947. The van der Waals surface area contributed by atoms with Crippen LogP contribution in [0.2, 0.25) is 0 Å². The van der Waals surface area contributed by atoms with Gasteiger partial charge in [0, 0.05) is 36.7 Å². The van der Waals surface area contributed by atoms with E-state index in [0.717, 1.165) is 24.9 Å². The third kappa shape index (κ3) is 2.97. The van der Waals surface area contributed by atoms with E-state index in [1.807, 2.05) is 6.07 Å². The number of aryl methyl sites for hydroxylation is 1. The molecule has 0 atom stereocenters. The molecular weight excluding hydrogens is 317 g/mol. The fourth-order valence-electron chi connectivity index (χ4n) is 3.47. The number of amides is 1. The minimum Gasteiger partial charge on any atom is -0.374 e. The van der Waals surface area contributed by atoms with Gasteiger partial charge in [0.2, 0.25) is 0 Å². The number of hydrogen-bond donors (Lipinski definition) is 2. The summed E-state index contributed by atoms with van der Waals surface area (Å²) in [4.78, 5) is 17.6.